The van der Waals surface area contributed by atoms with E-state index in [-0.39, 0.29) is 6.10 Å². The Hall–Kier alpha value is -1.06. The molecule has 0 aromatic carbocycles. The summed E-state index contributed by atoms with van der Waals surface area (Å²) in [4.78, 5) is 2.52. The summed E-state index contributed by atoms with van der Waals surface area (Å²) < 4.78 is 28.7. The van der Waals surface area contributed by atoms with Crippen LogP contribution in [0.25, 0.3) is 0 Å². The van der Waals surface area contributed by atoms with Crippen LogP contribution in [-0.2, 0) is 23.7 Å². The Morgan fingerprint density at radius 2 is 1.43 bits per heavy atom. The van der Waals surface area contributed by atoms with Crippen LogP contribution in [0.4, 0.5) is 0 Å². The molecule has 1 heterocycles. The Bertz CT molecular complexity index is 1290. The summed E-state index contributed by atoms with van der Waals surface area (Å²) in [6, 6.07) is 0. The van der Waals surface area contributed by atoms with Crippen molar-refractivity contribution in [3.63, 3.8) is 0 Å². The number of likely N-dealkylation sites (tertiary alicyclic amines) is 1. The van der Waals surface area contributed by atoms with Gasteiger partial charge in [0.2, 0.25) is 0 Å². The van der Waals surface area contributed by atoms with Crippen molar-refractivity contribution in [1.82, 2.24) is 4.90 Å². The third-order valence-electron chi connectivity index (χ3n) is 17.1. The number of nitrogens with zero attached hydrogens (tertiary/aromatic N) is 1. The quantitative estimate of drug-likeness (QED) is 0.0519. The van der Waals surface area contributed by atoms with E-state index in [4.69, 9.17) is 28.8 Å². The molecular formula is C60H111NO6. The van der Waals surface area contributed by atoms with Crippen LogP contribution in [0.5, 0.6) is 0 Å². The maximum absolute atomic E-state index is 7.00. The number of allylic oxidation sites excluding steroid dienone is 5. The minimum atomic E-state index is 0.248. The second-order valence-electron chi connectivity index (χ2n) is 22.4. The fourth-order valence-electron chi connectivity index (χ4n) is 13.4. The zero-order chi connectivity index (χ0) is 48.6. The highest BCUT2D eigenvalue weighted by atomic mass is 16.5. The van der Waals surface area contributed by atoms with E-state index in [1.54, 1.807) is 12.7 Å². The van der Waals surface area contributed by atoms with Gasteiger partial charge in [-0.05, 0) is 169 Å². The fourth-order valence-corrected chi connectivity index (χ4v) is 13.4. The van der Waals surface area contributed by atoms with E-state index < -0.39 is 0 Å². The molecule has 4 aliphatic carbocycles. The van der Waals surface area contributed by atoms with Crippen LogP contribution in [-0.4, -0.2) is 102 Å². The standard InChI is InChI=1S/C32H56O3.C27H51NO2.CH4O/c1-23(2)8-7-9-24(3)28-12-13-29-27-11-10-25-22-26(35-21-20-34-19-18-33-6)14-16-31(25,4)30(27)15-17-32(28,29)5;1-3-5-6-7-8-9-10-11-12-13-14-15-16-17-18-21-24-29-26-27(30-4-2)25-28-22-19-20-23-28;1-2/h10,23-24,26-30H,7-9,11-22H2,1-6H3;8-9,11-12,27H,3-7,10,13-26H2,1-2H3;2H,1H3/b;9-8-,12-11-;/t24-,26+,27+,28-,29+,30+,31+,32-;;/m1../s1. The predicted molar refractivity (Wildman–Crippen MR) is 285 cm³/mol. The first-order chi connectivity index (χ1) is 32.7. The number of aliphatic hydroxyl groups is 1. The fraction of sp³-hybridized carbons (Fsp3) is 0.900. The molecule has 1 aliphatic heterocycles. The molecular weight excluding hydrogens is 831 g/mol. The molecule has 5 rings (SSSR count). The van der Waals surface area contributed by atoms with Gasteiger partial charge in [-0.3, -0.25) is 0 Å². The van der Waals surface area contributed by atoms with E-state index in [1.807, 2.05) is 0 Å². The highest BCUT2D eigenvalue weighted by Crippen LogP contribution is 2.67. The Labute approximate surface area is 415 Å². The Morgan fingerprint density at radius 1 is 0.731 bits per heavy atom. The summed E-state index contributed by atoms with van der Waals surface area (Å²) in [5, 5.41) is 7.00. The topological polar surface area (TPSA) is 69.6 Å². The van der Waals surface area contributed by atoms with E-state index in [0.29, 0.717) is 43.4 Å². The number of aliphatic hydroxyl groups excluding tert-OH is 1. The lowest BCUT2D eigenvalue weighted by molar-refractivity contribution is -0.0685. The number of ether oxygens (including phenoxy) is 5. The van der Waals surface area contributed by atoms with E-state index in [9.17, 15) is 0 Å². The zero-order valence-corrected chi connectivity index (χ0v) is 45.7. The van der Waals surface area contributed by atoms with E-state index >= 15 is 0 Å². The molecule has 4 fully saturated rings. The molecule has 0 spiro atoms. The highest BCUT2D eigenvalue weighted by Gasteiger charge is 2.59. The van der Waals surface area contributed by atoms with Gasteiger partial charge in [-0.1, -0.05) is 135 Å². The molecule has 7 nitrogen and oxygen atoms in total. The first-order valence-electron chi connectivity index (χ1n) is 28.7. The molecule has 392 valence electrons. The molecule has 0 radical (unpaired) electrons. The Kier molecular flexibility index (Phi) is 32.3. The molecule has 3 saturated carbocycles. The lowest BCUT2D eigenvalue weighted by Crippen LogP contribution is -2.51. The van der Waals surface area contributed by atoms with E-state index in [2.05, 4.69) is 83.7 Å². The summed E-state index contributed by atoms with van der Waals surface area (Å²) >= 11 is 0. The van der Waals surface area contributed by atoms with Crippen molar-refractivity contribution in [1.29, 1.82) is 0 Å². The van der Waals surface area contributed by atoms with Crippen molar-refractivity contribution >= 4 is 0 Å². The Morgan fingerprint density at radius 3 is 2.13 bits per heavy atom. The van der Waals surface area contributed by atoms with Crippen molar-refractivity contribution in [3.05, 3.63) is 36.0 Å². The summed E-state index contributed by atoms with van der Waals surface area (Å²) in [6.45, 7) is 25.7. The third-order valence-corrected chi connectivity index (χ3v) is 17.1. The van der Waals surface area contributed by atoms with Crippen molar-refractivity contribution < 1.29 is 28.8 Å². The van der Waals surface area contributed by atoms with Gasteiger partial charge in [-0.15, -0.1) is 0 Å². The summed E-state index contributed by atoms with van der Waals surface area (Å²) in [5.74, 6) is 5.47. The van der Waals surface area contributed by atoms with Gasteiger partial charge in [0, 0.05) is 34.0 Å². The number of hydrogen-bond donors (Lipinski definition) is 1. The van der Waals surface area contributed by atoms with Gasteiger partial charge in [0.25, 0.3) is 0 Å². The number of hydrogen-bond acceptors (Lipinski definition) is 7. The van der Waals surface area contributed by atoms with Crippen molar-refractivity contribution in [2.24, 2.45) is 46.3 Å². The van der Waals surface area contributed by atoms with Crippen LogP contribution in [0.3, 0.4) is 0 Å². The van der Waals surface area contributed by atoms with Gasteiger partial charge >= 0.3 is 0 Å². The van der Waals surface area contributed by atoms with Crippen LogP contribution < -0.4 is 0 Å². The molecule has 67 heavy (non-hydrogen) atoms. The highest BCUT2D eigenvalue weighted by molar-refractivity contribution is 5.25. The second kappa shape index (κ2) is 35.9. The first-order valence-corrected chi connectivity index (χ1v) is 28.7. The Balaban J connectivity index is 0.000000347. The average molecular weight is 943 g/mol. The molecule has 0 amide bonds. The lowest BCUT2D eigenvalue weighted by atomic mass is 9.47. The molecule has 5 aliphatic rings. The van der Waals surface area contributed by atoms with Crippen LogP contribution in [0.1, 0.15) is 209 Å². The third kappa shape index (κ3) is 21.7. The van der Waals surface area contributed by atoms with Crippen LogP contribution in [0.2, 0.25) is 0 Å². The smallest absolute Gasteiger partial charge is 0.0934 e. The number of rotatable bonds is 33. The van der Waals surface area contributed by atoms with Gasteiger partial charge in [0.05, 0.1) is 45.2 Å². The van der Waals surface area contributed by atoms with Gasteiger partial charge < -0.3 is 33.7 Å². The minimum Gasteiger partial charge on any atom is -0.400 e. The monoisotopic (exact) mass is 942 g/mol. The van der Waals surface area contributed by atoms with Crippen LogP contribution in [0.15, 0.2) is 36.0 Å². The van der Waals surface area contributed by atoms with Crippen molar-refractivity contribution in [3.8, 4) is 0 Å². The zero-order valence-electron chi connectivity index (χ0n) is 45.7. The molecule has 1 saturated heterocycles. The number of fused-ring (bicyclic) bond motifs is 5. The van der Waals surface area contributed by atoms with Gasteiger partial charge in [0.1, 0.15) is 0 Å². The van der Waals surface area contributed by atoms with Gasteiger partial charge in [-0.2, -0.15) is 0 Å². The summed E-state index contributed by atoms with van der Waals surface area (Å²) in [5.41, 5.74) is 2.74. The van der Waals surface area contributed by atoms with Crippen molar-refractivity contribution in [2.45, 2.75) is 221 Å². The molecule has 9 atom stereocenters. The summed E-state index contributed by atoms with van der Waals surface area (Å²) in [7, 11) is 2.72. The van der Waals surface area contributed by atoms with Gasteiger partial charge in [-0.25, -0.2) is 0 Å². The maximum atomic E-state index is 7.00. The molecule has 0 bridgehead atoms. The van der Waals surface area contributed by atoms with Gasteiger partial charge in [0.15, 0.2) is 0 Å². The van der Waals surface area contributed by atoms with E-state index in [1.165, 1.54) is 161 Å². The molecule has 0 aromatic rings. The SMILES string of the molecule is CCCCC/C=C\C/C=C\CCCCCCCCOCC(CN1CCCC1)OCC.CO.COCCOCCO[C@H]1CC[C@@]2(C)C(=CC[C@H]3[C@@H]4CC[C@H]([C@H](C)CCCC(C)C)[C@@]4(C)CC[C@@H]32)C1. The minimum absolute atomic E-state index is 0.248. The van der Waals surface area contributed by atoms with Crippen LogP contribution in [0, 0.1) is 46.3 Å². The molecule has 1 N–H and O–H groups in total. The molecule has 1 unspecified atom stereocenters. The maximum Gasteiger partial charge on any atom is 0.0934 e. The van der Waals surface area contributed by atoms with E-state index in [0.717, 1.165) is 81.8 Å². The molecule has 7 heteroatoms. The van der Waals surface area contributed by atoms with Crippen molar-refractivity contribution in [2.75, 3.05) is 80.1 Å². The lowest BCUT2D eigenvalue weighted by Gasteiger charge is -2.58. The average Bonchev–Trinajstić information content (AvgIpc) is 3.98. The number of methoxy groups -OCH3 is 1. The largest absolute Gasteiger partial charge is 0.400 e. The first kappa shape index (κ1) is 60.2. The normalized spacial score (nSPS) is 28.1. The number of unbranched alkanes of at least 4 members (excludes halogenated alkanes) is 9. The second-order valence-corrected chi connectivity index (χ2v) is 22.4. The molecule has 0 aromatic heterocycles. The predicted octanol–water partition coefficient (Wildman–Crippen LogP) is 15.0. The van der Waals surface area contributed by atoms with Crippen LogP contribution >= 0.6 is 0 Å². The summed E-state index contributed by atoms with van der Waals surface area (Å²) in [6.07, 6.45) is 46.0.